The van der Waals surface area contributed by atoms with Gasteiger partial charge in [0.1, 0.15) is 11.8 Å². The minimum Gasteiger partial charge on any atom is -0.479 e. The Morgan fingerprint density at radius 1 is 1.52 bits per heavy atom. The normalized spacial score (nSPS) is 11.0. The molecule has 0 aromatic carbocycles. The lowest BCUT2D eigenvalue weighted by atomic mass is 10.2. The van der Waals surface area contributed by atoms with Gasteiger partial charge in [0, 0.05) is 19.5 Å². The Morgan fingerprint density at radius 2 is 2.29 bits per heavy atom. The molecule has 21 heavy (non-hydrogen) atoms. The van der Waals surface area contributed by atoms with Crippen LogP contribution in [0.1, 0.15) is 20.3 Å². The van der Waals surface area contributed by atoms with Crippen LogP contribution in [0.2, 0.25) is 0 Å². The van der Waals surface area contributed by atoms with E-state index in [4.69, 9.17) is 17.0 Å². The maximum atomic E-state index is 11.8. The lowest BCUT2D eigenvalue weighted by Crippen LogP contribution is -2.28. The summed E-state index contributed by atoms with van der Waals surface area (Å²) in [5.74, 6) is 0.872. The average molecular weight is 309 g/mol. The largest absolute Gasteiger partial charge is 0.479 e. The van der Waals surface area contributed by atoms with Crippen LogP contribution < -0.4 is 10.1 Å². The number of carbonyl (C=O) groups is 1. The summed E-state index contributed by atoms with van der Waals surface area (Å²) >= 11 is 5.27. The van der Waals surface area contributed by atoms with Crippen LogP contribution in [0.15, 0.2) is 6.33 Å². The molecule has 114 valence electrons. The van der Waals surface area contributed by atoms with Crippen LogP contribution in [0.5, 0.6) is 5.88 Å². The number of hydrogen-bond donors (Lipinski definition) is 2. The Morgan fingerprint density at radius 3 is 2.95 bits per heavy atom. The van der Waals surface area contributed by atoms with Crippen molar-refractivity contribution in [1.82, 2.24) is 24.8 Å². The van der Waals surface area contributed by atoms with E-state index in [1.807, 2.05) is 0 Å². The van der Waals surface area contributed by atoms with E-state index in [2.05, 4.69) is 34.1 Å². The van der Waals surface area contributed by atoms with Gasteiger partial charge in [-0.1, -0.05) is 13.8 Å². The van der Waals surface area contributed by atoms with Crippen molar-refractivity contribution in [2.75, 3.05) is 13.7 Å². The number of nitrogens with zero attached hydrogens (tertiary/aromatic N) is 3. The number of fused-ring (bicyclic) bond motifs is 1. The van der Waals surface area contributed by atoms with Crippen molar-refractivity contribution in [3.63, 3.8) is 0 Å². The SMILES string of the molecule is COc1ncnc2c1[nH]c(=S)n2CCC(=O)NCC(C)C. The van der Waals surface area contributed by atoms with Crippen LogP contribution in [0, 0.1) is 10.7 Å². The first kappa shape index (κ1) is 15.4. The highest BCUT2D eigenvalue weighted by molar-refractivity contribution is 7.71. The van der Waals surface area contributed by atoms with Crippen molar-refractivity contribution in [1.29, 1.82) is 0 Å². The zero-order valence-corrected chi connectivity index (χ0v) is 13.2. The topological polar surface area (TPSA) is 84.8 Å². The molecular weight excluding hydrogens is 290 g/mol. The van der Waals surface area contributed by atoms with Crippen LogP contribution in [0.3, 0.4) is 0 Å². The van der Waals surface area contributed by atoms with Crippen molar-refractivity contribution >= 4 is 29.3 Å². The highest BCUT2D eigenvalue weighted by Gasteiger charge is 2.12. The predicted molar refractivity (Wildman–Crippen MR) is 81.7 cm³/mol. The summed E-state index contributed by atoms with van der Waals surface area (Å²) in [5.41, 5.74) is 1.29. The van der Waals surface area contributed by atoms with E-state index in [1.165, 1.54) is 13.4 Å². The predicted octanol–water partition coefficient (Wildman–Crippen LogP) is 1.66. The molecule has 0 fully saturated rings. The molecule has 0 bridgehead atoms. The third-order valence-corrected chi connectivity index (χ3v) is 3.31. The first-order valence-electron chi connectivity index (χ1n) is 6.77. The molecule has 8 heteroatoms. The zero-order valence-electron chi connectivity index (χ0n) is 12.3. The highest BCUT2D eigenvalue weighted by atomic mass is 32.1. The van der Waals surface area contributed by atoms with Gasteiger partial charge in [-0.2, -0.15) is 4.98 Å². The molecule has 2 heterocycles. The van der Waals surface area contributed by atoms with Crippen LogP contribution in [-0.2, 0) is 11.3 Å². The summed E-state index contributed by atoms with van der Waals surface area (Å²) in [6.45, 7) is 5.25. The molecule has 2 N–H and O–H groups in total. The fraction of sp³-hybridized carbons (Fsp3) is 0.538. The Labute approximate surface area is 127 Å². The number of ether oxygens (including phenoxy) is 1. The van der Waals surface area contributed by atoms with Gasteiger partial charge >= 0.3 is 0 Å². The lowest BCUT2D eigenvalue weighted by molar-refractivity contribution is -0.121. The third kappa shape index (κ3) is 3.57. The molecule has 2 rings (SSSR count). The van der Waals surface area contributed by atoms with E-state index >= 15 is 0 Å². The number of rotatable bonds is 6. The van der Waals surface area contributed by atoms with Crippen molar-refractivity contribution in [3.05, 3.63) is 11.1 Å². The maximum Gasteiger partial charge on any atom is 0.242 e. The standard InChI is InChI=1S/C13H19N5O2S/c1-8(2)6-14-9(19)4-5-18-11-10(17-13(18)21)12(20-3)16-7-15-11/h7-8H,4-6H2,1-3H3,(H,14,19)(H,17,21). The molecule has 0 saturated heterocycles. The van der Waals surface area contributed by atoms with E-state index < -0.39 is 0 Å². The Kier molecular flexibility index (Phi) is 4.89. The molecule has 0 unspecified atom stereocenters. The number of carbonyl (C=O) groups excluding carboxylic acids is 1. The number of aromatic nitrogens is 4. The molecule has 0 radical (unpaired) electrons. The fourth-order valence-electron chi connectivity index (χ4n) is 1.93. The summed E-state index contributed by atoms with van der Waals surface area (Å²) < 4.78 is 7.45. The smallest absolute Gasteiger partial charge is 0.242 e. The van der Waals surface area contributed by atoms with Gasteiger partial charge in [-0.3, -0.25) is 4.79 Å². The molecule has 0 aliphatic carbocycles. The monoisotopic (exact) mass is 309 g/mol. The number of H-pyrrole nitrogens is 1. The Balaban J connectivity index is 2.14. The molecule has 2 aromatic heterocycles. The van der Waals surface area contributed by atoms with E-state index in [0.29, 0.717) is 47.2 Å². The first-order chi connectivity index (χ1) is 10.0. The van der Waals surface area contributed by atoms with E-state index in [-0.39, 0.29) is 5.91 Å². The lowest BCUT2D eigenvalue weighted by Gasteiger charge is -2.08. The van der Waals surface area contributed by atoms with Gasteiger partial charge in [-0.15, -0.1) is 0 Å². The van der Waals surface area contributed by atoms with E-state index in [1.54, 1.807) is 4.57 Å². The summed E-state index contributed by atoms with van der Waals surface area (Å²) in [5, 5.41) is 2.88. The first-order valence-corrected chi connectivity index (χ1v) is 7.18. The van der Waals surface area contributed by atoms with Gasteiger partial charge in [0.2, 0.25) is 11.8 Å². The van der Waals surface area contributed by atoms with Crippen LogP contribution in [0.25, 0.3) is 11.2 Å². The second kappa shape index (κ2) is 6.66. The van der Waals surface area contributed by atoms with Gasteiger partial charge < -0.3 is 19.6 Å². The maximum absolute atomic E-state index is 11.8. The van der Waals surface area contributed by atoms with Crippen LogP contribution in [-0.4, -0.2) is 39.1 Å². The van der Waals surface area contributed by atoms with Crippen molar-refractivity contribution in [3.8, 4) is 5.88 Å². The second-order valence-electron chi connectivity index (χ2n) is 5.11. The number of nitrogens with one attached hydrogen (secondary N) is 2. The van der Waals surface area contributed by atoms with Crippen molar-refractivity contribution in [2.45, 2.75) is 26.8 Å². The van der Waals surface area contributed by atoms with Crippen molar-refractivity contribution < 1.29 is 9.53 Å². The number of imidazole rings is 1. The molecule has 2 aromatic rings. The molecule has 0 saturated carbocycles. The number of methoxy groups -OCH3 is 1. The van der Waals surface area contributed by atoms with Crippen LogP contribution >= 0.6 is 12.2 Å². The van der Waals surface area contributed by atoms with E-state index in [9.17, 15) is 4.79 Å². The van der Waals surface area contributed by atoms with Gasteiger partial charge in [-0.25, -0.2) is 4.98 Å². The number of amides is 1. The number of aromatic amines is 1. The highest BCUT2D eigenvalue weighted by Crippen LogP contribution is 2.20. The Bertz CT molecular complexity index is 691. The minimum atomic E-state index is 0.000899. The fourth-order valence-corrected chi connectivity index (χ4v) is 2.21. The van der Waals surface area contributed by atoms with Gasteiger partial charge in [-0.05, 0) is 18.1 Å². The van der Waals surface area contributed by atoms with Gasteiger partial charge in [0.05, 0.1) is 7.11 Å². The Hall–Kier alpha value is -1.96. The van der Waals surface area contributed by atoms with Crippen LogP contribution in [0.4, 0.5) is 0 Å². The summed E-state index contributed by atoms with van der Waals surface area (Å²) in [6, 6.07) is 0. The number of aryl methyl sites for hydroxylation is 1. The molecule has 0 atom stereocenters. The second-order valence-corrected chi connectivity index (χ2v) is 5.50. The van der Waals surface area contributed by atoms with Crippen molar-refractivity contribution in [2.24, 2.45) is 5.92 Å². The minimum absolute atomic E-state index is 0.000899. The summed E-state index contributed by atoms with van der Waals surface area (Å²) in [6.07, 6.45) is 1.76. The molecule has 0 aliphatic rings. The van der Waals surface area contributed by atoms with E-state index in [0.717, 1.165) is 0 Å². The third-order valence-electron chi connectivity index (χ3n) is 2.99. The molecule has 0 spiro atoms. The molecule has 7 nitrogen and oxygen atoms in total. The number of hydrogen-bond acceptors (Lipinski definition) is 5. The molecule has 1 amide bonds. The zero-order chi connectivity index (χ0) is 15.4. The quantitative estimate of drug-likeness (QED) is 0.793. The summed E-state index contributed by atoms with van der Waals surface area (Å²) in [4.78, 5) is 23.0. The average Bonchev–Trinajstić information content (AvgIpc) is 2.78. The van der Waals surface area contributed by atoms with Gasteiger partial charge in [0.15, 0.2) is 10.4 Å². The van der Waals surface area contributed by atoms with Gasteiger partial charge in [0.25, 0.3) is 0 Å². The molecule has 0 aliphatic heterocycles. The summed E-state index contributed by atoms with van der Waals surface area (Å²) in [7, 11) is 1.54. The molecular formula is C13H19N5O2S.